The van der Waals surface area contributed by atoms with Crippen LogP contribution in [0.4, 0.5) is 4.39 Å². The second kappa shape index (κ2) is 10.3. The highest BCUT2D eigenvalue weighted by Gasteiger charge is 2.23. The van der Waals surface area contributed by atoms with E-state index in [1.165, 1.54) is 17.8 Å². The highest BCUT2D eigenvalue weighted by atomic mass is 35.5. The predicted molar refractivity (Wildman–Crippen MR) is 120 cm³/mol. The maximum absolute atomic E-state index is 14.0. The lowest BCUT2D eigenvalue weighted by molar-refractivity contribution is -0.130. The molecule has 0 radical (unpaired) electrons. The first kappa shape index (κ1) is 22.6. The third-order valence-corrected chi connectivity index (χ3v) is 6.39. The fourth-order valence-corrected chi connectivity index (χ4v) is 4.28. The molecule has 0 aliphatic carbocycles. The molecule has 10 heteroatoms. The van der Waals surface area contributed by atoms with Crippen LogP contribution in [0.1, 0.15) is 5.56 Å². The zero-order chi connectivity index (χ0) is 22.5. The van der Waals surface area contributed by atoms with E-state index in [2.05, 4.69) is 15.1 Å². The summed E-state index contributed by atoms with van der Waals surface area (Å²) in [6, 6.07) is 12.0. The Bertz CT molecular complexity index is 1050. The van der Waals surface area contributed by atoms with Gasteiger partial charge < -0.3 is 14.1 Å². The number of benzene rings is 2. The molecule has 3 aromatic rings. The molecule has 0 atom stereocenters. The minimum Gasteiger partial charge on any atom is -0.497 e. The fraction of sp³-hybridized carbons (Fsp3) is 0.318. The highest BCUT2D eigenvalue weighted by molar-refractivity contribution is 7.99. The molecule has 0 N–H and O–H groups in total. The van der Waals surface area contributed by atoms with Crippen molar-refractivity contribution in [1.29, 1.82) is 0 Å². The summed E-state index contributed by atoms with van der Waals surface area (Å²) in [7, 11) is 1.60. The quantitative estimate of drug-likeness (QED) is 0.478. The number of halogens is 2. The van der Waals surface area contributed by atoms with E-state index in [0.717, 1.165) is 11.3 Å². The Hall–Kier alpha value is -2.62. The Balaban J connectivity index is 1.25. The van der Waals surface area contributed by atoms with Crippen LogP contribution in [0.2, 0.25) is 5.02 Å². The zero-order valence-corrected chi connectivity index (χ0v) is 19.0. The topological polar surface area (TPSA) is 71.7 Å². The molecule has 2 aromatic carbocycles. The number of aromatic nitrogens is 2. The van der Waals surface area contributed by atoms with Gasteiger partial charge in [0.25, 0.3) is 5.22 Å². The molecule has 1 saturated heterocycles. The molecule has 0 bridgehead atoms. The standard InChI is InChI=1S/C22H22ClFN4O3S/c1-30-16-7-5-15(6-8-16)21-25-26-22(31-21)32-14-20(29)28-11-9-27(10-12-28)13-17-18(23)3-2-4-19(17)24/h2-8H,9-14H2,1H3. The summed E-state index contributed by atoms with van der Waals surface area (Å²) >= 11 is 7.34. The molecule has 1 aromatic heterocycles. The third kappa shape index (κ3) is 5.40. The van der Waals surface area contributed by atoms with Crippen LogP contribution in [0.15, 0.2) is 52.1 Å². The SMILES string of the molecule is COc1ccc(-c2nnc(SCC(=O)N3CCN(Cc4c(F)cccc4Cl)CC3)o2)cc1. The lowest BCUT2D eigenvalue weighted by Gasteiger charge is -2.34. The molecule has 1 aliphatic heterocycles. The molecule has 0 saturated carbocycles. The normalized spacial score (nSPS) is 14.5. The molecule has 0 unspecified atom stereocenters. The van der Waals surface area contributed by atoms with Crippen molar-refractivity contribution in [1.82, 2.24) is 20.0 Å². The maximum atomic E-state index is 14.0. The lowest BCUT2D eigenvalue weighted by Crippen LogP contribution is -2.48. The average molecular weight is 477 g/mol. The molecule has 1 fully saturated rings. The monoisotopic (exact) mass is 476 g/mol. The van der Waals surface area contributed by atoms with Gasteiger partial charge in [-0.1, -0.05) is 29.4 Å². The number of hydrogen-bond donors (Lipinski definition) is 0. The minimum absolute atomic E-state index is 0.00257. The summed E-state index contributed by atoms with van der Waals surface area (Å²) in [6.45, 7) is 2.89. The van der Waals surface area contributed by atoms with Gasteiger partial charge in [0.1, 0.15) is 11.6 Å². The molecule has 0 spiro atoms. The second-order valence-electron chi connectivity index (χ2n) is 7.25. The van der Waals surface area contributed by atoms with Crippen LogP contribution in [0.5, 0.6) is 5.75 Å². The lowest BCUT2D eigenvalue weighted by atomic mass is 10.2. The van der Waals surface area contributed by atoms with Crippen LogP contribution in [0, 0.1) is 5.82 Å². The molecule has 32 heavy (non-hydrogen) atoms. The van der Waals surface area contributed by atoms with Gasteiger partial charge in [-0.05, 0) is 36.4 Å². The Kier molecular flexibility index (Phi) is 7.29. The van der Waals surface area contributed by atoms with Crippen molar-refractivity contribution in [3.63, 3.8) is 0 Å². The Labute approximate surface area is 194 Å². The van der Waals surface area contributed by atoms with E-state index in [4.69, 9.17) is 20.8 Å². The number of piperazine rings is 1. The van der Waals surface area contributed by atoms with Gasteiger partial charge in [0, 0.05) is 48.9 Å². The van der Waals surface area contributed by atoms with Crippen molar-refractivity contribution in [3.8, 4) is 17.2 Å². The van der Waals surface area contributed by atoms with Crippen LogP contribution < -0.4 is 4.74 Å². The number of ether oxygens (including phenoxy) is 1. The summed E-state index contributed by atoms with van der Waals surface area (Å²) in [5, 5.41) is 8.83. The van der Waals surface area contributed by atoms with Crippen LogP contribution >= 0.6 is 23.4 Å². The summed E-state index contributed by atoms with van der Waals surface area (Å²) in [5.74, 6) is 1.04. The number of carbonyl (C=O) groups excluding carboxylic acids is 1. The number of nitrogens with zero attached hydrogens (tertiary/aromatic N) is 4. The van der Waals surface area contributed by atoms with Gasteiger partial charge in [-0.2, -0.15) is 0 Å². The van der Waals surface area contributed by atoms with Crippen molar-refractivity contribution in [2.45, 2.75) is 11.8 Å². The number of thioether (sulfide) groups is 1. The van der Waals surface area contributed by atoms with Crippen molar-refractivity contribution >= 4 is 29.3 Å². The van der Waals surface area contributed by atoms with E-state index in [1.54, 1.807) is 24.1 Å². The van der Waals surface area contributed by atoms with Crippen molar-refractivity contribution in [2.75, 3.05) is 39.0 Å². The molecular weight excluding hydrogens is 455 g/mol. The molecule has 2 heterocycles. The second-order valence-corrected chi connectivity index (χ2v) is 8.58. The number of rotatable bonds is 7. The van der Waals surface area contributed by atoms with Gasteiger partial charge in [-0.15, -0.1) is 10.2 Å². The van der Waals surface area contributed by atoms with Crippen molar-refractivity contribution in [2.24, 2.45) is 0 Å². The van der Waals surface area contributed by atoms with Gasteiger partial charge in [-0.25, -0.2) is 4.39 Å². The molecule has 4 rings (SSSR count). The van der Waals surface area contributed by atoms with Crippen LogP contribution in [-0.4, -0.2) is 64.9 Å². The predicted octanol–water partition coefficient (Wildman–Crippen LogP) is 3.97. The van der Waals surface area contributed by atoms with Gasteiger partial charge in [-0.3, -0.25) is 9.69 Å². The Morgan fingerprint density at radius 1 is 1.16 bits per heavy atom. The summed E-state index contributed by atoms with van der Waals surface area (Å²) in [4.78, 5) is 16.5. The fourth-order valence-electron chi connectivity index (χ4n) is 3.40. The van der Waals surface area contributed by atoms with E-state index in [0.29, 0.717) is 54.4 Å². The first-order valence-corrected chi connectivity index (χ1v) is 11.4. The first-order valence-electron chi connectivity index (χ1n) is 10.1. The van der Waals surface area contributed by atoms with E-state index in [-0.39, 0.29) is 17.5 Å². The van der Waals surface area contributed by atoms with Gasteiger partial charge in [0.05, 0.1) is 12.9 Å². The van der Waals surface area contributed by atoms with E-state index < -0.39 is 0 Å². The van der Waals surface area contributed by atoms with Crippen molar-refractivity contribution in [3.05, 3.63) is 58.9 Å². The van der Waals surface area contributed by atoms with E-state index >= 15 is 0 Å². The van der Waals surface area contributed by atoms with Gasteiger partial charge >= 0.3 is 0 Å². The number of hydrogen-bond acceptors (Lipinski definition) is 7. The summed E-state index contributed by atoms with van der Waals surface area (Å²) in [6.07, 6.45) is 0. The van der Waals surface area contributed by atoms with Gasteiger partial charge in [0.2, 0.25) is 11.8 Å². The molecule has 168 valence electrons. The Morgan fingerprint density at radius 2 is 1.91 bits per heavy atom. The number of carbonyl (C=O) groups is 1. The van der Waals surface area contributed by atoms with Crippen molar-refractivity contribution < 1.29 is 18.3 Å². The minimum atomic E-state index is -0.305. The molecule has 1 aliphatic rings. The third-order valence-electron chi connectivity index (χ3n) is 5.23. The largest absolute Gasteiger partial charge is 0.497 e. The molecular formula is C22H22ClFN4O3S. The van der Waals surface area contributed by atoms with Crippen LogP contribution in [-0.2, 0) is 11.3 Å². The summed E-state index contributed by atoms with van der Waals surface area (Å²) in [5.41, 5.74) is 1.27. The smallest absolute Gasteiger partial charge is 0.277 e. The van der Waals surface area contributed by atoms with E-state index in [9.17, 15) is 9.18 Å². The highest BCUT2D eigenvalue weighted by Crippen LogP contribution is 2.25. The molecule has 1 amide bonds. The zero-order valence-electron chi connectivity index (χ0n) is 17.5. The van der Waals surface area contributed by atoms with Gasteiger partial charge in [0.15, 0.2) is 0 Å². The molecule has 7 nitrogen and oxygen atoms in total. The number of methoxy groups -OCH3 is 1. The Morgan fingerprint density at radius 3 is 2.59 bits per heavy atom. The maximum Gasteiger partial charge on any atom is 0.277 e. The van der Waals surface area contributed by atoms with Crippen LogP contribution in [0.25, 0.3) is 11.5 Å². The summed E-state index contributed by atoms with van der Waals surface area (Å²) < 4.78 is 24.8. The average Bonchev–Trinajstić information content (AvgIpc) is 3.29. The van der Waals surface area contributed by atoms with Crippen LogP contribution in [0.3, 0.4) is 0 Å². The van der Waals surface area contributed by atoms with E-state index in [1.807, 2.05) is 24.3 Å². The number of amides is 1. The first-order chi connectivity index (χ1) is 15.5.